The number of carbonyl (C=O) groups is 3. The van der Waals surface area contributed by atoms with E-state index in [4.69, 9.17) is 4.74 Å². The maximum absolute atomic E-state index is 12.6. The number of nitrogens with zero attached hydrogens (tertiary/aromatic N) is 1. The lowest BCUT2D eigenvalue weighted by molar-refractivity contribution is -0.151. The summed E-state index contributed by atoms with van der Waals surface area (Å²) in [5.41, 5.74) is -0.741. The van der Waals surface area contributed by atoms with Crippen molar-refractivity contribution < 1.29 is 32.3 Å². The van der Waals surface area contributed by atoms with Crippen LogP contribution in [0.3, 0.4) is 0 Å². The van der Waals surface area contributed by atoms with E-state index in [0.29, 0.717) is 0 Å². The number of hydrogen-bond donors (Lipinski definition) is 1. The van der Waals surface area contributed by atoms with Crippen LogP contribution in [-0.2, 0) is 31.7 Å². The second kappa shape index (κ2) is 8.32. The summed E-state index contributed by atoms with van der Waals surface area (Å²) in [5, 5.41) is 2.33. The zero-order valence-corrected chi connectivity index (χ0v) is 13.1. The van der Waals surface area contributed by atoms with Crippen LogP contribution in [0.4, 0.5) is 13.2 Å². The van der Waals surface area contributed by atoms with Gasteiger partial charge in [0.25, 0.3) is 5.91 Å². The Labute approximate surface area is 136 Å². The number of alkyl halides is 3. The topological polar surface area (TPSA) is 75.7 Å². The quantitative estimate of drug-likeness (QED) is 0.780. The lowest BCUT2D eigenvalue weighted by Gasteiger charge is -2.16. The highest BCUT2D eigenvalue weighted by Gasteiger charge is 2.30. The van der Waals surface area contributed by atoms with Crippen molar-refractivity contribution in [1.29, 1.82) is 0 Å². The predicted molar refractivity (Wildman–Crippen MR) is 77.8 cm³/mol. The first-order valence-corrected chi connectivity index (χ1v) is 6.89. The van der Waals surface area contributed by atoms with E-state index in [1.807, 2.05) is 0 Å². The summed E-state index contributed by atoms with van der Waals surface area (Å²) in [5.74, 6) is -1.83. The maximum Gasteiger partial charge on any atom is 0.416 e. The molecule has 0 heterocycles. The number of carbonyl (C=O) groups excluding carboxylic acids is 3. The maximum atomic E-state index is 12.6. The third-order valence-electron chi connectivity index (χ3n) is 3.04. The molecule has 1 aromatic carbocycles. The Hall–Kier alpha value is -2.58. The van der Waals surface area contributed by atoms with Gasteiger partial charge in [-0.1, -0.05) is 18.2 Å². The fourth-order valence-electron chi connectivity index (χ4n) is 1.71. The second-order valence-corrected chi connectivity index (χ2v) is 4.96. The van der Waals surface area contributed by atoms with E-state index in [1.54, 1.807) is 0 Å². The molecule has 0 saturated carbocycles. The highest BCUT2D eigenvalue weighted by Crippen LogP contribution is 2.29. The molecule has 24 heavy (non-hydrogen) atoms. The Morgan fingerprint density at radius 1 is 1.25 bits per heavy atom. The van der Waals surface area contributed by atoms with Gasteiger partial charge < -0.3 is 15.0 Å². The minimum absolute atomic E-state index is 0.126. The summed E-state index contributed by atoms with van der Waals surface area (Å²) in [6.07, 6.45) is -4.89. The summed E-state index contributed by atoms with van der Waals surface area (Å²) in [6, 6.07) is 4.29. The number of amides is 2. The SMILES string of the molecule is CNC(=O)CN(C)C(=O)COC(=O)Cc1cccc(C(F)(F)F)c1. The molecule has 6 nitrogen and oxygen atoms in total. The van der Waals surface area contributed by atoms with Gasteiger partial charge >= 0.3 is 12.1 Å². The van der Waals surface area contributed by atoms with Crippen LogP contribution in [0.1, 0.15) is 11.1 Å². The van der Waals surface area contributed by atoms with Gasteiger partial charge in [0.15, 0.2) is 6.61 Å². The number of esters is 1. The Morgan fingerprint density at radius 2 is 1.92 bits per heavy atom. The van der Waals surface area contributed by atoms with Crippen molar-refractivity contribution >= 4 is 17.8 Å². The van der Waals surface area contributed by atoms with Crippen LogP contribution < -0.4 is 5.32 Å². The summed E-state index contributed by atoms with van der Waals surface area (Å²) in [6.45, 7) is -0.786. The molecule has 2 amide bonds. The van der Waals surface area contributed by atoms with Gasteiger partial charge in [0.05, 0.1) is 18.5 Å². The van der Waals surface area contributed by atoms with Gasteiger partial charge in [-0.2, -0.15) is 13.2 Å². The van der Waals surface area contributed by atoms with Gasteiger partial charge in [0, 0.05) is 14.1 Å². The van der Waals surface area contributed by atoms with Crippen molar-refractivity contribution in [3.8, 4) is 0 Å². The van der Waals surface area contributed by atoms with Crippen LogP contribution in [0, 0.1) is 0 Å². The van der Waals surface area contributed by atoms with E-state index in [1.165, 1.54) is 26.2 Å². The normalized spacial score (nSPS) is 10.9. The first kappa shape index (κ1) is 19.5. The molecule has 0 saturated heterocycles. The molecule has 9 heteroatoms. The summed E-state index contributed by atoms with van der Waals surface area (Å²) in [7, 11) is 2.77. The number of ether oxygens (including phenoxy) is 1. The number of rotatable bonds is 6. The molecule has 0 aliphatic rings. The summed E-state index contributed by atoms with van der Waals surface area (Å²) >= 11 is 0. The minimum Gasteiger partial charge on any atom is -0.455 e. The molecule has 0 aliphatic heterocycles. The van der Waals surface area contributed by atoms with Crippen LogP contribution in [-0.4, -0.2) is 49.9 Å². The summed E-state index contributed by atoms with van der Waals surface area (Å²) < 4.78 is 42.5. The van der Waals surface area contributed by atoms with Gasteiger partial charge in [-0.3, -0.25) is 14.4 Å². The van der Waals surface area contributed by atoms with Gasteiger partial charge in [0.1, 0.15) is 0 Å². The Kier molecular flexibility index (Phi) is 6.75. The molecule has 0 aromatic heterocycles. The molecule has 0 unspecified atom stereocenters. The molecule has 0 radical (unpaired) electrons. The van der Waals surface area contributed by atoms with Crippen molar-refractivity contribution in [2.45, 2.75) is 12.6 Å². The first-order chi connectivity index (χ1) is 11.1. The lowest BCUT2D eigenvalue weighted by atomic mass is 10.1. The summed E-state index contributed by atoms with van der Waals surface area (Å²) in [4.78, 5) is 35.5. The van der Waals surface area contributed by atoms with E-state index in [0.717, 1.165) is 17.0 Å². The molecule has 0 atom stereocenters. The Balaban J connectivity index is 2.52. The van der Waals surface area contributed by atoms with Gasteiger partial charge in [-0.15, -0.1) is 0 Å². The van der Waals surface area contributed by atoms with Crippen LogP contribution in [0.5, 0.6) is 0 Å². The Morgan fingerprint density at radius 3 is 2.50 bits per heavy atom. The average molecular weight is 346 g/mol. The Bertz CT molecular complexity index is 617. The fraction of sp³-hybridized carbons (Fsp3) is 0.400. The average Bonchev–Trinajstić information content (AvgIpc) is 2.51. The number of benzene rings is 1. The van der Waals surface area contributed by atoms with E-state index >= 15 is 0 Å². The van der Waals surface area contributed by atoms with Crippen molar-refractivity contribution in [3.63, 3.8) is 0 Å². The van der Waals surface area contributed by atoms with Crippen molar-refractivity contribution in [2.75, 3.05) is 27.2 Å². The molecular weight excluding hydrogens is 329 g/mol. The minimum atomic E-state index is -4.50. The third-order valence-corrected chi connectivity index (χ3v) is 3.04. The monoisotopic (exact) mass is 346 g/mol. The second-order valence-electron chi connectivity index (χ2n) is 4.96. The van der Waals surface area contributed by atoms with Gasteiger partial charge in [-0.05, 0) is 11.6 Å². The van der Waals surface area contributed by atoms with Crippen LogP contribution in [0.25, 0.3) is 0 Å². The highest BCUT2D eigenvalue weighted by molar-refractivity contribution is 5.86. The molecular formula is C15H17F3N2O4. The van der Waals surface area contributed by atoms with Crippen LogP contribution >= 0.6 is 0 Å². The molecule has 1 rings (SSSR count). The molecule has 1 aromatic rings. The zero-order valence-electron chi connectivity index (χ0n) is 13.1. The van der Waals surface area contributed by atoms with Crippen LogP contribution in [0.2, 0.25) is 0 Å². The third kappa shape index (κ3) is 6.27. The number of hydrogen-bond acceptors (Lipinski definition) is 4. The number of halogens is 3. The number of likely N-dealkylation sites (N-methyl/N-ethyl adjacent to an activating group) is 2. The van der Waals surface area contributed by atoms with E-state index in [9.17, 15) is 27.6 Å². The lowest BCUT2D eigenvalue weighted by Crippen LogP contribution is -2.39. The molecule has 0 bridgehead atoms. The standard InChI is InChI=1S/C15H17F3N2O4/c1-19-12(21)8-20(2)13(22)9-24-14(23)7-10-4-3-5-11(6-10)15(16,17)18/h3-6H,7-9H2,1-2H3,(H,19,21). The van der Waals surface area contributed by atoms with Gasteiger partial charge in [0.2, 0.25) is 5.91 Å². The van der Waals surface area contributed by atoms with Crippen molar-refractivity contribution in [1.82, 2.24) is 10.2 Å². The van der Waals surface area contributed by atoms with Crippen molar-refractivity contribution in [2.24, 2.45) is 0 Å². The molecule has 0 fully saturated rings. The zero-order chi connectivity index (χ0) is 18.3. The molecule has 1 N–H and O–H groups in total. The van der Waals surface area contributed by atoms with E-state index < -0.39 is 36.6 Å². The first-order valence-electron chi connectivity index (χ1n) is 6.89. The highest BCUT2D eigenvalue weighted by atomic mass is 19.4. The fourth-order valence-corrected chi connectivity index (χ4v) is 1.71. The van der Waals surface area contributed by atoms with Gasteiger partial charge in [-0.25, -0.2) is 0 Å². The van der Waals surface area contributed by atoms with E-state index in [-0.39, 0.29) is 18.0 Å². The molecule has 0 spiro atoms. The molecule has 0 aliphatic carbocycles. The van der Waals surface area contributed by atoms with E-state index in [2.05, 4.69) is 5.32 Å². The van der Waals surface area contributed by atoms with Crippen LogP contribution in [0.15, 0.2) is 24.3 Å². The smallest absolute Gasteiger partial charge is 0.416 e. The number of nitrogens with one attached hydrogen (secondary N) is 1. The largest absolute Gasteiger partial charge is 0.455 e. The molecule has 132 valence electrons. The van der Waals surface area contributed by atoms with Crippen molar-refractivity contribution in [3.05, 3.63) is 35.4 Å². The predicted octanol–water partition coefficient (Wildman–Crippen LogP) is 0.996.